The Labute approximate surface area is 119 Å². The zero-order chi connectivity index (χ0) is 13.8. The molecule has 1 saturated heterocycles. The molecule has 19 heavy (non-hydrogen) atoms. The Morgan fingerprint density at radius 2 is 1.79 bits per heavy atom. The van der Waals surface area contributed by atoms with Crippen LogP contribution in [0.5, 0.6) is 0 Å². The first-order chi connectivity index (χ1) is 9.11. The number of hydrogen-bond acceptors (Lipinski definition) is 3. The molecule has 3 heteroatoms. The average molecular weight is 267 g/mol. The molecule has 0 aromatic rings. The molecule has 0 spiro atoms. The van der Waals surface area contributed by atoms with Crippen LogP contribution in [0.25, 0.3) is 0 Å². The SMILES string of the molecule is CCN1CCC(C(C)NCC(C)N(C)C2CC2)CC1. The predicted molar refractivity (Wildman–Crippen MR) is 82.5 cm³/mol. The molecule has 2 fully saturated rings. The van der Waals surface area contributed by atoms with E-state index < -0.39 is 0 Å². The van der Waals surface area contributed by atoms with E-state index in [1.807, 2.05) is 0 Å². The van der Waals surface area contributed by atoms with Crippen LogP contribution in [0.2, 0.25) is 0 Å². The first-order valence-electron chi connectivity index (χ1n) is 8.29. The van der Waals surface area contributed by atoms with Gasteiger partial charge in [0.25, 0.3) is 0 Å². The molecule has 1 aliphatic carbocycles. The molecule has 0 bridgehead atoms. The molecular formula is C16H33N3. The highest BCUT2D eigenvalue weighted by Crippen LogP contribution is 2.27. The molecule has 2 atom stereocenters. The molecule has 0 amide bonds. The van der Waals surface area contributed by atoms with E-state index in [1.165, 1.54) is 45.3 Å². The second-order valence-corrected chi connectivity index (χ2v) is 6.71. The van der Waals surface area contributed by atoms with E-state index in [1.54, 1.807) is 0 Å². The Morgan fingerprint density at radius 3 is 2.32 bits per heavy atom. The van der Waals surface area contributed by atoms with E-state index in [4.69, 9.17) is 0 Å². The standard InChI is InChI=1S/C16H33N3/c1-5-19-10-8-15(9-11-19)14(3)17-12-13(2)18(4)16-6-7-16/h13-17H,5-12H2,1-4H3. The molecule has 2 unspecified atom stereocenters. The van der Waals surface area contributed by atoms with Gasteiger partial charge in [-0.1, -0.05) is 6.92 Å². The average Bonchev–Trinajstić information content (AvgIpc) is 3.28. The third-order valence-corrected chi connectivity index (χ3v) is 5.34. The lowest BCUT2D eigenvalue weighted by Gasteiger charge is -2.35. The van der Waals surface area contributed by atoms with Crippen molar-refractivity contribution in [2.45, 2.75) is 64.6 Å². The summed E-state index contributed by atoms with van der Waals surface area (Å²) in [5.41, 5.74) is 0. The van der Waals surface area contributed by atoms with Crippen molar-refractivity contribution in [3.63, 3.8) is 0 Å². The summed E-state index contributed by atoms with van der Waals surface area (Å²) < 4.78 is 0. The van der Waals surface area contributed by atoms with Crippen molar-refractivity contribution < 1.29 is 0 Å². The number of piperidine rings is 1. The third kappa shape index (κ3) is 4.44. The Kier molecular flexibility index (Phi) is 5.67. The van der Waals surface area contributed by atoms with Gasteiger partial charge >= 0.3 is 0 Å². The Bertz CT molecular complexity index is 257. The minimum absolute atomic E-state index is 0.672. The quantitative estimate of drug-likeness (QED) is 0.763. The molecule has 2 rings (SSSR count). The number of likely N-dealkylation sites (N-methyl/N-ethyl adjacent to an activating group) is 1. The van der Waals surface area contributed by atoms with Crippen LogP contribution in [0.4, 0.5) is 0 Å². The van der Waals surface area contributed by atoms with Crippen LogP contribution in [0.3, 0.4) is 0 Å². The largest absolute Gasteiger partial charge is 0.312 e. The smallest absolute Gasteiger partial charge is 0.0192 e. The lowest BCUT2D eigenvalue weighted by atomic mass is 9.90. The van der Waals surface area contributed by atoms with E-state index in [0.29, 0.717) is 12.1 Å². The number of rotatable bonds is 7. The maximum atomic E-state index is 3.79. The molecule has 2 aliphatic rings. The fourth-order valence-electron chi connectivity index (χ4n) is 3.28. The van der Waals surface area contributed by atoms with Crippen molar-refractivity contribution in [2.24, 2.45) is 5.92 Å². The lowest BCUT2D eigenvalue weighted by molar-refractivity contribution is 0.162. The monoisotopic (exact) mass is 267 g/mol. The van der Waals surface area contributed by atoms with Gasteiger partial charge in [0.1, 0.15) is 0 Å². The Morgan fingerprint density at radius 1 is 1.16 bits per heavy atom. The van der Waals surface area contributed by atoms with Crippen molar-refractivity contribution in [3.8, 4) is 0 Å². The van der Waals surface area contributed by atoms with Gasteiger partial charge in [0.15, 0.2) is 0 Å². The van der Waals surface area contributed by atoms with Gasteiger partial charge < -0.3 is 10.2 Å². The topological polar surface area (TPSA) is 18.5 Å². The highest BCUT2D eigenvalue weighted by Gasteiger charge is 2.29. The molecule has 0 aromatic carbocycles. The fraction of sp³-hybridized carbons (Fsp3) is 1.00. The van der Waals surface area contributed by atoms with Crippen LogP contribution in [0.1, 0.15) is 46.5 Å². The van der Waals surface area contributed by atoms with Gasteiger partial charge in [0.05, 0.1) is 0 Å². The molecule has 1 N–H and O–H groups in total. The highest BCUT2D eigenvalue weighted by molar-refractivity contribution is 4.87. The predicted octanol–water partition coefficient (Wildman–Crippen LogP) is 2.18. The number of nitrogens with zero attached hydrogens (tertiary/aromatic N) is 2. The van der Waals surface area contributed by atoms with Crippen molar-refractivity contribution >= 4 is 0 Å². The summed E-state index contributed by atoms with van der Waals surface area (Å²) >= 11 is 0. The van der Waals surface area contributed by atoms with Gasteiger partial charge in [-0.25, -0.2) is 0 Å². The first kappa shape index (κ1) is 15.3. The summed E-state index contributed by atoms with van der Waals surface area (Å²) in [4.78, 5) is 5.13. The van der Waals surface area contributed by atoms with Gasteiger partial charge in [-0.05, 0) is 72.1 Å². The lowest BCUT2D eigenvalue weighted by Crippen LogP contribution is -2.46. The highest BCUT2D eigenvalue weighted by atomic mass is 15.2. The summed E-state index contributed by atoms with van der Waals surface area (Å²) in [5.74, 6) is 0.876. The van der Waals surface area contributed by atoms with Crippen LogP contribution in [0, 0.1) is 5.92 Å². The molecule has 0 radical (unpaired) electrons. The van der Waals surface area contributed by atoms with Gasteiger partial charge in [0.2, 0.25) is 0 Å². The maximum absolute atomic E-state index is 3.79. The van der Waals surface area contributed by atoms with Gasteiger partial charge in [-0.15, -0.1) is 0 Å². The van der Waals surface area contributed by atoms with E-state index >= 15 is 0 Å². The van der Waals surface area contributed by atoms with Crippen molar-refractivity contribution in [1.82, 2.24) is 15.1 Å². The van der Waals surface area contributed by atoms with Crippen LogP contribution in [0.15, 0.2) is 0 Å². The number of likely N-dealkylation sites (tertiary alicyclic amines) is 1. The van der Waals surface area contributed by atoms with E-state index in [9.17, 15) is 0 Å². The maximum Gasteiger partial charge on any atom is 0.0192 e. The van der Waals surface area contributed by atoms with Gasteiger partial charge in [-0.3, -0.25) is 4.90 Å². The molecule has 1 saturated carbocycles. The summed E-state index contributed by atoms with van der Waals surface area (Å²) in [5, 5.41) is 3.79. The molecule has 1 aliphatic heterocycles. The number of hydrogen-bond donors (Lipinski definition) is 1. The Balaban J connectivity index is 1.65. The van der Waals surface area contributed by atoms with E-state index in [2.05, 4.69) is 42.9 Å². The van der Waals surface area contributed by atoms with Crippen molar-refractivity contribution in [2.75, 3.05) is 33.2 Å². The molecule has 112 valence electrons. The summed E-state index contributed by atoms with van der Waals surface area (Å²) in [7, 11) is 2.29. The minimum Gasteiger partial charge on any atom is -0.312 e. The normalized spacial score (nSPS) is 25.7. The second kappa shape index (κ2) is 7.05. The van der Waals surface area contributed by atoms with E-state index in [-0.39, 0.29) is 0 Å². The molecule has 1 heterocycles. The number of nitrogens with one attached hydrogen (secondary N) is 1. The summed E-state index contributed by atoms with van der Waals surface area (Å²) in [6.07, 6.45) is 5.56. The van der Waals surface area contributed by atoms with Gasteiger partial charge in [-0.2, -0.15) is 0 Å². The van der Waals surface area contributed by atoms with Crippen LogP contribution < -0.4 is 5.32 Å². The first-order valence-corrected chi connectivity index (χ1v) is 8.29. The third-order valence-electron chi connectivity index (χ3n) is 5.34. The molecule has 3 nitrogen and oxygen atoms in total. The zero-order valence-corrected chi connectivity index (χ0v) is 13.4. The van der Waals surface area contributed by atoms with Crippen LogP contribution in [-0.2, 0) is 0 Å². The molecule has 0 aromatic heterocycles. The summed E-state index contributed by atoms with van der Waals surface area (Å²) in [6, 6.07) is 2.22. The zero-order valence-electron chi connectivity index (χ0n) is 13.4. The van der Waals surface area contributed by atoms with E-state index in [0.717, 1.165) is 18.5 Å². The minimum atomic E-state index is 0.672. The van der Waals surface area contributed by atoms with Crippen molar-refractivity contribution in [1.29, 1.82) is 0 Å². The van der Waals surface area contributed by atoms with Crippen molar-refractivity contribution in [3.05, 3.63) is 0 Å². The van der Waals surface area contributed by atoms with Crippen LogP contribution >= 0.6 is 0 Å². The second-order valence-electron chi connectivity index (χ2n) is 6.71. The fourth-order valence-corrected chi connectivity index (χ4v) is 3.28. The van der Waals surface area contributed by atoms with Crippen LogP contribution in [-0.4, -0.2) is 61.2 Å². The summed E-state index contributed by atoms with van der Waals surface area (Å²) in [6.45, 7) is 12.0. The Hall–Kier alpha value is -0.120. The van der Waals surface area contributed by atoms with Gasteiger partial charge in [0, 0.05) is 24.7 Å². The molecular weight excluding hydrogens is 234 g/mol.